The molecular weight excluding hydrogens is 228 g/mol. The fourth-order valence-electron chi connectivity index (χ4n) is 2.14. The van der Waals surface area contributed by atoms with E-state index in [-0.39, 0.29) is 0 Å². The molecule has 1 aliphatic heterocycles. The summed E-state index contributed by atoms with van der Waals surface area (Å²) in [5, 5.41) is 19.3. The first-order chi connectivity index (χ1) is 8.92. The standard InChI is InChI=1S/C12H14N6/c1-3-11(16-13-6-1)15-10-5-8-18(9-10)12-4-2-7-14-17-12/h1-4,6-7,10H,5,8-9H2,(H,15,16)/t10-/m1/s1. The van der Waals surface area contributed by atoms with E-state index in [1.54, 1.807) is 12.4 Å². The summed E-state index contributed by atoms with van der Waals surface area (Å²) in [6.07, 6.45) is 4.42. The molecule has 1 aliphatic rings. The monoisotopic (exact) mass is 242 g/mol. The van der Waals surface area contributed by atoms with Crippen molar-refractivity contribution in [2.24, 2.45) is 0 Å². The Morgan fingerprint density at radius 2 is 1.94 bits per heavy atom. The van der Waals surface area contributed by atoms with Crippen LogP contribution in [0.25, 0.3) is 0 Å². The van der Waals surface area contributed by atoms with E-state index in [0.29, 0.717) is 6.04 Å². The molecule has 0 aliphatic carbocycles. The van der Waals surface area contributed by atoms with Crippen LogP contribution in [0.4, 0.5) is 11.6 Å². The van der Waals surface area contributed by atoms with Gasteiger partial charge >= 0.3 is 0 Å². The van der Waals surface area contributed by atoms with Crippen LogP contribution in [0.15, 0.2) is 36.7 Å². The maximum absolute atomic E-state index is 4.12. The Morgan fingerprint density at radius 1 is 1.11 bits per heavy atom. The molecule has 1 fully saturated rings. The lowest BCUT2D eigenvalue weighted by atomic mass is 10.2. The van der Waals surface area contributed by atoms with Crippen LogP contribution in [0.5, 0.6) is 0 Å². The van der Waals surface area contributed by atoms with Crippen molar-refractivity contribution in [2.75, 3.05) is 23.3 Å². The molecule has 0 spiro atoms. The fourth-order valence-corrected chi connectivity index (χ4v) is 2.14. The Kier molecular flexibility index (Phi) is 2.99. The summed E-state index contributed by atoms with van der Waals surface area (Å²) in [4.78, 5) is 2.22. The van der Waals surface area contributed by atoms with E-state index in [9.17, 15) is 0 Å². The molecule has 6 nitrogen and oxygen atoms in total. The zero-order valence-corrected chi connectivity index (χ0v) is 9.90. The molecule has 1 saturated heterocycles. The summed E-state index contributed by atoms with van der Waals surface area (Å²) in [6, 6.07) is 8.08. The Labute approximate surface area is 105 Å². The lowest BCUT2D eigenvalue weighted by Gasteiger charge is -2.17. The Balaban J connectivity index is 1.62. The van der Waals surface area contributed by atoms with Gasteiger partial charge in [-0.15, -0.1) is 10.2 Å². The Morgan fingerprint density at radius 3 is 2.67 bits per heavy atom. The van der Waals surface area contributed by atoms with Gasteiger partial charge in [-0.05, 0) is 30.7 Å². The van der Waals surface area contributed by atoms with E-state index >= 15 is 0 Å². The molecule has 0 amide bonds. The molecule has 0 saturated carbocycles. The molecule has 6 heteroatoms. The molecule has 2 aromatic rings. The maximum Gasteiger partial charge on any atom is 0.151 e. The van der Waals surface area contributed by atoms with Crippen LogP contribution in [-0.4, -0.2) is 39.5 Å². The van der Waals surface area contributed by atoms with Gasteiger partial charge in [0.25, 0.3) is 0 Å². The zero-order chi connectivity index (χ0) is 12.2. The van der Waals surface area contributed by atoms with Crippen molar-refractivity contribution in [3.05, 3.63) is 36.7 Å². The number of anilines is 2. The van der Waals surface area contributed by atoms with Gasteiger partial charge in [0.05, 0.1) is 0 Å². The fraction of sp³-hybridized carbons (Fsp3) is 0.333. The van der Waals surface area contributed by atoms with Crippen molar-refractivity contribution in [3.8, 4) is 0 Å². The SMILES string of the molecule is c1cnnc(N[C@@H]2CCN(c3cccnn3)C2)c1. The summed E-state index contributed by atoms with van der Waals surface area (Å²) in [5.74, 6) is 1.75. The maximum atomic E-state index is 4.12. The highest BCUT2D eigenvalue weighted by Gasteiger charge is 2.23. The summed E-state index contributed by atoms with van der Waals surface area (Å²) in [5.41, 5.74) is 0. The van der Waals surface area contributed by atoms with Crippen LogP contribution in [-0.2, 0) is 0 Å². The van der Waals surface area contributed by atoms with Gasteiger partial charge in [-0.1, -0.05) is 0 Å². The first-order valence-corrected chi connectivity index (χ1v) is 5.99. The minimum Gasteiger partial charge on any atom is -0.364 e. The molecule has 2 aromatic heterocycles. The van der Waals surface area contributed by atoms with Crippen LogP contribution in [0, 0.1) is 0 Å². The number of rotatable bonds is 3. The third-order valence-electron chi connectivity index (χ3n) is 2.99. The molecule has 92 valence electrons. The third kappa shape index (κ3) is 2.37. The molecule has 0 aromatic carbocycles. The lowest BCUT2D eigenvalue weighted by molar-refractivity contribution is 0.792. The minimum atomic E-state index is 0.378. The highest BCUT2D eigenvalue weighted by Crippen LogP contribution is 2.18. The lowest BCUT2D eigenvalue weighted by Crippen LogP contribution is -2.27. The van der Waals surface area contributed by atoms with Crippen molar-refractivity contribution in [2.45, 2.75) is 12.5 Å². The van der Waals surface area contributed by atoms with Crippen molar-refractivity contribution in [3.63, 3.8) is 0 Å². The molecule has 1 N–H and O–H groups in total. The first kappa shape index (κ1) is 10.9. The second kappa shape index (κ2) is 4.95. The van der Waals surface area contributed by atoms with E-state index in [2.05, 4.69) is 30.6 Å². The molecular formula is C12H14N6. The van der Waals surface area contributed by atoms with Crippen LogP contribution in [0.2, 0.25) is 0 Å². The van der Waals surface area contributed by atoms with Crippen molar-refractivity contribution in [1.29, 1.82) is 0 Å². The topological polar surface area (TPSA) is 66.8 Å². The van der Waals surface area contributed by atoms with Gasteiger partial charge in [-0.2, -0.15) is 10.2 Å². The average Bonchev–Trinajstić information content (AvgIpc) is 2.89. The molecule has 1 atom stereocenters. The van der Waals surface area contributed by atoms with Gasteiger partial charge in [0.2, 0.25) is 0 Å². The second-order valence-electron chi connectivity index (χ2n) is 4.27. The van der Waals surface area contributed by atoms with E-state index in [1.807, 2.05) is 24.3 Å². The van der Waals surface area contributed by atoms with Gasteiger partial charge in [0.15, 0.2) is 5.82 Å². The summed E-state index contributed by atoms with van der Waals surface area (Å²) >= 11 is 0. The van der Waals surface area contributed by atoms with Crippen LogP contribution < -0.4 is 10.2 Å². The average molecular weight is 242 g/mol. The van der Waals surface area contributed by atoms with Gasteiger partial charge in [-0.3, -0.25) is 0 Å². The molecule has 3 heterocycles. The summed E-state index contributed by atoms with van der Waals surface area (Å²) < 4.78 is 0. The molecule has 3 rings (SSSR count). The second-order valence-corrected chi connectivity index (χ2v) is 4.27. The molecule has 0 bridgehead atoms. The van der Waals surface area contributed by atoms with E-state index in [0.717, 1.165) is 31.1 Å². The first-order valence-electron chi connectivity index (χ1n) is 5.99. The Bertz CT molecular complexity index is 488. The summed E-state index contributed by atoms with van der Waals surface area (Å²) in [6.45, 7) is 1.89. The largest absolute Gasteiger partial charge is 0.364 e. The highest BCUT2D eigenvalue weighted by atomic mass is 15.3. The van der Waals surface area contributed by atoms with Crippen molar-refractivity contribution in [1.82, 2.24) is 20.4 Å². The number of aromatic nitrogens is 4. The predicted molar refractivity (Wildman–Crippen MR) is 68.3 cm³/mol. The normalized spacial score (nSPS) is 18.9. The molecule has 0 radical (unpaired) electrons. The molecule has 18 heavy (non-hydrogen) atoms. The van der Waals surface area contributed by atoms with E-state index in [4.69, 9.17) is 0 Å². The summed E-state index contributed by atoms with van der Waals surface area (Å²) in [7, 11) is 0. The van der Waals surface area contributed by atoms with E-state index < -0.39 is 0 Å². The number of hydrogen-bond acceptors (Lipinski definition) is 6. The smallest absolute Gasteiger partial charge is 0.151 e. The highest BCUT2D eigenvalue weighted by molar-refractivity contribution is 5.41. The number of nitrogens with one attached hydrogen (secondary N) is 1. The van der Waals surface area contributed by atoms with Crippen LogP contribution in [0.1, 0.15) is 6.42 Å². The zero-order valence-electron chi connectivity index (χ0n) is 9.90. The van der Waals surface area contributed by atoms with Gasteiger partial charge in [0, 0.05) is 31.5 Å². The minimum absolute atomic E-state index is 0.378. The quantitative estimate of drug-likeness (QED) is 0.864. The van der Waals surface area contributed by atoms with Crippen molar-refractivity contribution >= 4 is 11.6 Å². The van der Waals surface area contributed by atoms with Crippen LogP contribution in [0.3, 0.4) is 0 Å². The van der Waals surface area contributed by atoms with Gasteiger partial charge in [-0.25, -0.2) is 0 Å². The van der Waals surface area contributed by atoms with Gasteiger partial charge < -0.3 is 10.2 Å². The molecule has 0 unspecified atom stereocenters. The number of hydrogen-bond donors (Lipinski definition) is 1. The van der Waals surface area contributed by atoms with Crippen molar-refractivity contribution < 1.29 is 0 Å². The van der Waals surface area contributed by atoms with Crippen LogP contribution >= 0.6 is 0 Å². The van der Waals surface area contributed by atoms with E-state index in [1.165, 1.54) is 0 Å². The van der Waals surface area contributed by atoms with Gasteiger partial charge in [0.1, 0.15) is 5.82 Å². The number of nitrogens with zero attached hydrogens (tertiary/aromatic N) is 5. The third-order valence-corrected chi connectivity index (χ3v) is 2.99. The predicted octanol–water partition coefficient (Wildman–Crippen LogP) is 0.957. The Hall–Kier alpha value is -2.24.